The summed E-state index contributed by atoms with van der Waals surface area (Å²) in [6.45, 7) is 10.3. The van der Waals surface area contributed by atoms with Crippen LogP contribution in [0.5, 0.6) is 0 Å². The maximum Gasteiger partial charge on any atom is 0.158 e. The Morgan fingerprint density at radius 3 is 2.29 bits per heavy atom. The van der Waals surface area contributed by atoms with Crippen LogP contribution in [0.3, 0.4) is 0 Å². The fraction of sp³-hybridized carbons (Fsp3) is 0.800. The molecule has 1 aromatic heterocycles. The van der Waals surface area contributed by atoms with E-state index in [1.54, 1.807) is 18.5 Å². The Labute approximate surface area is 85.0 Å². The molecule has 0 aromatic carbocycles. The lowest BCUT2D eigenvalue weighted by Gasteiger charge is -2.16. The van der Waals surface area contributed by atoms with Crippen LogP contribution in [-0.2, 0) is 12.1 Å². The molecule has 0 aliphatic carbocycles. The number of rotatable bonds is 3. The summed E-state index contributed by atoms with van der Waals surface area (Å²) in [6, 6.07) is 0. The Bertz CT molecular complexity index is 310. The molecule has 0 aliphatic rings. The smallest absolute Gasteiger partial charge is 0.158 e. The molecule has 0 radical (unpaired) electrons. The first-order valence-electron chi connectivity index (χ1n) is 5.03. The van der Waals surface area contributed by atoms with Crippen molar-refractivity contribution < 1.29 is 5.11 Å². The first-order valence-corrected chi connectivity index (χ1v) is 5.03. The van der Waals surface area contributed by atoms with Gasteiger partial charge in [0.2, 0.25) is 0 Å². The summed E-state index contributed by atoms with van der Waals surface area (Å²) >= 11 is 0. The van der Waals surface area contributed by atoms with Gasteiger partial charge in [0.15, 0.2) is 11.6 Å². The number of aryl methyl sites for hydroxylation is 1. The average molecular weight is 197 g/mol. The highest BCUT2D eigenvalue weighted by molar-refractivity contribution is 5.03. The predicted molar refractivity (Wildman–Crippen MR) is 55.0 cm³/mol. The third-order valence-electron chi connectivity index (χ3n) is 2.05. The highest BCUT2D eigenvalue weighted by Gasteiger charge is 2.24. The topological polar surface area (TPSA) is 50.9 Å². The van der Waals surface area contributed by atoms with Gasteiger partial charge >= 0.3 is 0 Å². The van der Waals surface area contributed by atoms with E-state index in [2.05, 4.69) is 10.1 Å². The first-order chi connectivity index (χ1) is 6.36. The van der Waals surface area contributed by atoms with Crippen molar-refractivity contribution in [2.24, 2.45) is 0 Å². The maximum absolute atomic E-state index is 9.87. The lowest BCUT2D eigenvalue weighted by molar-refractivity contribution is 0.0636. The summed E-state index contributed by atoms with van der Waals surface area (Å²) in [6.07, 6.45) is 0. The molecule has 4 heteroatoms. The van der Waals surface area contributed by atoms with E-state index in [9.17, 15) is 5.11 Å². The van der Waals surface area contributed by atoms with Gasteiger partial charge in [-0.15, -0.1) is 0 Å². The minimum Gasteiger partial charge on any atom is -0.382 e. The van der Waals surface area contributed by atoms with Crippen LogP contribution in [0.4, 0.5) is 0 Å². The van der Waals surface area contributed by atoms with Gasteiger partial charge in [-0.25, -0.2) is 9.67 Å². The van der Waals surface area contributed by atoms with Gasteiger partial charge in [0, 0.05) is 12.5 Å². The summed E-state index contributed by atoms with van der Waals surface area (Å²) in [5.41, 5.74) is -0.920. The molecule has 1 heterocycles. The van der Waals surface area contributed by atoms with Crippen LogP contribution in [0.1, 0.15) is 52.2 Å². The highest BCUT2D eigenvalue weighted by Crippen LogP contribution is 2.20. The summed E-state index contributed by atoms with van der Waals surface area (Å²) in [5, 5.41) is 14.2. The van der Waals surface area contributed by atoms with Gasteiger partial charge in [-0.1, -0.05) is 13.8 Å². The Kier molecular flexibility index (Phi) is 2.95. The fourth-order valence-electron chi connectivity index (χ4n) is 1.28. The zero-order valence-corrected chi connectivity index (χ0v) is 9.57. The second kappa shape index (κ2) is 3.69. The normalized spacial score (nSPS) is 12.5. The molecule has 0 spiro atoms. The van der Waals surface area contributed by atoms with Crippen LogP contribution in [0.15, 0.2) is 0 Å². The van der Waals surface area contributed by atoms with Crippen molar-refractivity contribution in [1.29, 1.82) is 0 Å². The van der Waals surface area contributed by atoms with E-state index in [1.807, 2.05) is 20.8 Å². The highest BCUT2D eigenvalue weighted by atomic mass is 16.3. The second-order valence-electron chi connectivity index (χ2n) is 4.32. The lowest BCUT2D eigenvalue weighted by atomic mass is 10.1. The van der Waals surface area contributed by atoms with E-state index in [0.29, 0.717) is 11.7 Å². The predicted octanol–water partition coefficient (Wildman–Crippen LogP) is 1.65. The van der Waals surface area contributed by atoms with Gasteiger partial charge in [0.1, 0.15) is 5.60 Å². The Morgan fingerprint density at radius 1 is 1.43 bits per heavy atom. The van der Waals surface area contributed by atoms with Gasteiger partial charge in [-0.3, -0.25) is 0 Å². The van der Waals surface area contributed by atoms with E-state index in [4.69, 9.17) is 0 Å². The van der Waals surface area contributed by atoms with Gasteiger partial charge in [-0.05, 0) is 20.8 Å². The Hall–Kier alpha value is -0.900. The summed E-state index contributed by atoms with van der Waals surface area (Å²) in [4.78, 5) is 4.35. The van der Waals surface area contributed by atoms with Crippen molar-refractivity contribution in [3.05, 3.63) is 11.6 Å². The first kappa shape index (κ1) is 11.2. The maximum atomic E-state index is 9.87. The number of hydrogen-bond donors (Lipinski definition) is 1. The minimum absolute atomic E-state index is 0.295. The van der Waals surface area contributed by atoms with Crippen molar-refractivity contribution in [3.63, 3.8) is 0 Å². The zero-order chi connectivity index (χ0) is 10.9. The molecule has 80 valence electrons. The zero-order valence-electron chi connectivity index (χ0n) is 9.57. The monoisotopic (exact) mass is 197 g/mol. The summed E-state index contributed by atoms with van der Waals surface area (Å²) < 4.78 is 1.76. The molecule has 0 aliphatic heterocycles. The molecular weight excluding hydrogens is 178 g/mol. The summed E-state index contributed by atoms with van der Waals surface area (Å²) in [5.74, 6) is 1.73. The van der Waals surface area contributed by atoms with Crippen LogP contribution in [0.2, 0.25) is 0 Å². The standard InChI is InChI=1S/C10H19N3O/c1-6-13-9(10(4,5)14)11-8(12-13)7(2)3/h7,14H,6H2,1-5H3. The molecule has 0 saturated heterocycles. The Morgan fingerprint density at radius 2 is 2.00 bits per heavy atom. The lowest BCUT2D eigenvalue weighted by Crippen LogP contribution is -2.22. The third kappa shape index (κ3) is 2.12. The quantitative estimate of drug-likeness (QED) is 0.801. The van der Waals surface area contributed by atoms with E-state index >= 15 is 0 Å². The van der Waals surface area contributed by atoms with Crippen LogP contribution < -0.4 is 0 Å². The Balaban J connectivity index is 3.16. The molecule has 0 atom stereocenters. The van der Waals surface area contributed by atoms with Crippen molar-refractivity contribution in [1.82, 2.24) is 14.8 Å². The molecule has 4 nitrogen and oxygen atoms in total. The molecule has 0 saturated carbocycles. The van der Waals surface area contributed by atoms with Crippen molar-refractivity contribution >= 4 is 0 Å². The molecule has 1 rings (SSSR count). The van der Waals surface area contributed by atoms with Crippen LogP contribution in [0.25, 0.3) is 0 Å². The molecule has 0 bridgehead atoms. The second-order valence-corrected chi connectivity index (χ2v) is 4.32. The SMILES string of the molecule is CCn1nc(C(C)C)nc1C(C)(C)O. The van der Waals surface area contributed by atoms with E-state index in [0.717, 1.165) is 12.4 Å². The molecule has 1 N–H and O–H groups in total. The minimum atomic E-state index is -0.920. The third-order valence-corrected chi connectivity index (χ3v) is 2.05. The van der Waals surface area contributed by atoms with E-state index in [-0.39, 0.29) is 0 Å². The molecule has 1 aromatic rings. The van der Waals surface area contributed by atoms with Gasteiger partial charge in [-0.2, -0.15) is 5.10 Å². The average Bonchev–Trinajstić information content (AvgIpc) is 2.46. The van der Waals surface area contributed by atoms with Gasteiger partial charge < -0.3 is 5.11 Å². The fourth-order valence-corrected chi connectivity index (χ4v) is 1.28. The number of nitrogens with zero attached hydrogens (tertiary/aromatic N) is 3. The molecule has 0 amide bonds. The number of aliphatic hydroxyl groups is 1. The van der Waals surface area contributed by atoms with Crippen molar-refractivity contribution in [2.75, 3.05) is 0 Å². The van der Waals surface area contributed by atoms with Crippen LogP contribution >= 0.6 is 0 Å². The van der Waals surface area contributed by atoms with Crippen LogP contribution in [-0.4, -0.2) is 19.9 Å². The van der Waals surface area contributed by atoms with Crippen molar-refractivity contribution in [3.8, 4) is 0 Å². The number of aromatic nitrogens is 3. The number of hydrogen-bond acceptors (Lipinski definition) is 3. The molecular formula is C10H19N3O. The summed E-state index contributed by atoms with van der Waals surface area (Å²) in [7, 11) is 0. The van der Waals surface area contributed by atoms with E-state index in [1.165, 1.54) is 0 Å². The van der Waals surface area contributed by atoms with Gasteiger partial charge in [0.05, 0.1) is 0 Å². The van der Waals surface area contributed by atoms with Gasteiger partial charge in [0.25, 0.3) is 0 Å². The molecule has 14 heavy (non-hydrogen) atoms. The molecule has 0 unspecified atom stereocenters. The van der Waals surface area contributed by atoms with E-state index < -0.39 is 5.60 Å². The largest absolute Gasteiger partial charge is 0.382 e. The van der Waals surface area contributed by atoms with Crippen molar-refractivity contribution in [2.45, 2.75) is 52.7 Å². The molecule has 0 fully saturated rings. The van der Waals surface area contributed by atoms with Crippen LogP contribution in [0, 0.1) is 0 Å².